The van der Waals surface area contributed by atoms with Crippen LogP contribution in [0.15, 0.2) is 48.6 Å². The number of benzene rings is 1. The van der Waals surface area contributed by atoms with Gasteiger partial charge in [0.15, 0.2) is 0 Å². The van der Waals surface area contributed by atoms with E-state index < -0.39 is 18.7 Å². The number of hydrogen-bond acceptors (Lipinski definition) is 5. The van der Waals surface area contributed by atoms with Crippen LogP contribution in [0.25, 0.3) is 0 Å². The molecule has 2 N–H and O–H groups in total. The quantitative estimate of drug-likeness (QED) is 0.147. The molecule has 0 saturated heterocycles. The van der Waals surface area contributed by atoms with Crippen LogP contribution < -0.4 is 0 Å². The van der Waals surface area contributed by atoms with Crippen molar-refractivity contribution < 1.29 is 33.3 Å². The van der Waals surface area contributed by atoms with E-state index in [2.05, 4.69) is 30.8 Å². The molecule has 0 radical (unpaired) electrons. The summed E-state index contributed by atoms with van der Waals surface area (Å²) in [5, 5.41) is 18.2. The smallest absolute Gasteiger partial charge is 0.335 e. The summed E-state index contributed by atoms with van der Waals surface area (Å²) in [6.07, 6.45) is 10.4. The average Bonchev–Trinajstić information content (AvgIpc) is 2.96. The highest BCUT2D eigenvalue weighted by molar-refractivity contribution is 5.87. The minimum Gasteiger partial charge on any atom is -0.462 e. The zero-order chi connectivity index (χ0) is 28.0. The number of halogens is 2. The van der Waals surface area contributed by atoms with Gasteiger partial charge in [0.05, 0.1) is 25.4 Å². The van der Waals surface area contributed by atoms with Gasteiger partial charge >= 0.3 is 5.97 Å². The molecule has 2 aliphatic rings. The second-order valence-corrected chi connectivity index (χ2v) is 11.3. The molecule has 1 aromatic rings. The maximum Gasteiger partial charge on any atom is 0.335 e. The minimum atomic E-state index is -1.61. The fourth-order valence-corrected chi connectivity index (χ4v) is 6.39. The monoisotopic (exact) mass is 548 g/mol. The maximum absolute atomic E-state index is 12.2. The molecule has 0 bridgehead atoms. The summed E-state index contributed by atoms with van der Waals surface area (Å²) in [5.74, 6) is 2.05. The Morgan fingerprint density at radius 3 is 2.21 bits per heavy atom. The zero-order valence-corrected chi connectivity index (χ0v) is 23.2. The number of carbonyl (C=O) groups excluding carboxylic acids is 1. The molecule has 2 saturated carbocycles. The van der Waals surface area contributed by atoms with E-state index in [1.54, 1.807) is 0 Å². The third-order valence-electron chi connectivity index (χ3n) is 8.79. The summed E-state index contributed by atoms with van der Waals surface area (Å²) < 4.78 is 35.7. The summed E-state index contributed by atoms with van der Waals surface area (Å²) in [6, 6.07) is 8.56. The van der Waals surface area contributed by atoms with E-state index in [0.717, 1.165) is 36.3 Å². The third-order valence-corrected chi connectivity index (χ3v) is 8.79. The Morgan fingerprint density at radius 2 is 1.62 bits per heavy atom. The minimum absolute atomic E-state index is 0.0629. The Bertz CT molecular complexity index is 896. The fraction of sp³-hybridized carbons (Fsp3) is 0.656. The summed E-state index contributed by atoms with van der Waals surface area (Å²) in [7, 11) is 0. The van der Waals surface area contributed by atoms with Crippen LogP contribution in [0.5, 0.6) is 0 Å². The van der Waals surface area contributed by atoms with Gasteiger partial charge < -0.3 is 19.7 Å². The van der Waals surface area contributed by atoms with Crippen LogP contribution in [0.4, 0.5) is 8.78 Å². The van der Waals surface area contributed by atoms with Gasteiger partial charge in [-0.2, -0.15) is 8.78 Å². The Balaban J connectivity index is 1.44. The molecule has 2 aliphatic carbocycles. The van der Waals surface area contributed by atoms with Crippen LogP contribution in [-0.2, 0) is 20.7 Å². The Kier molecular flexibility index (Phi) is 13.6. The van der Waals surface area contributed by atoms with Crippen molar-refractivity contribution in [3.8, 4) is 0 Å². The number of rotatable bonds is 15. The second-order valence-electron chi connectivity index (χ2n) is 11.3. The van der Waals surface area contributed by atoms with Gasteiger partial charge in [-0.3, -0.25) is 0 Å². The SMILES string of the molecule is C=C(CO)C(=O)OCC(COCCCO)C1CCC(C2CCC(c3ccc(CCC=C(F)F)cc3)CC2)CC1. The molecule has 0 aromatic heterocycles. The maximum atomic E-state index is 12.2. The lowest BCUT2D eigenvalue weighted by Crippen LogP contribution is -2.32. The predicted molar refractivity (Wildman–Crippen MR) is 148 cm³/mol. The summed E-state index contributed by atoms with van der Waals surface area (Å²) in [5.41, 5.74) is 2.54. The number of aliphatic hydroxyl groups excluding tert-OH is 2. The third kappa shape index (κ3) is 10.4. The standard InChI is InChI=1S/C32H46F2O5/c1-23(20-36)32(37)39-22-30(21-38-19-3-18-35)29-16-14-28(15-17-29)27-12-10-26(11-13-27)25-8-6-24(7-9-25)4-2-5-31(33)34/h5-9,26-30,35-36H,1-4,10-22H2. The molecule has 0 aliphatic heterocycles. The van der Waals surface area contributed by atoms with Crippen LogP contribution in [0.3, 0.4) is 0 Å². The lowest BCUT2D eigenvalue weighted by Gasteiger charge is -2.39. The number of carbonyl (C=O) groups is 1. The normalized spacial score (nSPS) is 24.1. The molecule has 0 spiro atoms. The van der Waals surface area contributed by atoms with Crippen molar-refractivity contribution in [2.45, 2.75) is 76.5 Å². The first-order valence-electron chi connectivity index (χ1n) is 14.7. The molecule has 7 heteroatoms. The first-order chi connectivity index (χ1) is 18.9. The summed E-state index contributed by atoms with van der Waals surface area (Å²) in [6.45, 7) is 4.49. The van der Waals surface area contributed by atoms with Crippen molar-refractivity contribution in [2.24, 2.45) is 23.7 Å². The largest absolute Gasteiger partial charge is 0.462 e. The van der Waals surface area contributed by atoms with Crippen LogP contribution >= 0.6 is 0 Å². The van der Waals surface area contributed by atoms with Crippen LogP contribution in [0.1, 0.15) is 81.3 Å². The van der Waals surface area contributed by atoms with Crippen LogP contribution in [0.2, 0.25) is 0 Å². The molecule has 3 rings (SSSR count). The number of ether oxygens (including phenoxy) is 2. The predicted octanol–water partition coefficient (Wildman–Crippen LogP) is 6.59. The molecular weight excluding hydrogens is 502 g/mol. The van der Waals surface area contributed by atoms with Crippen molar-refractivity contribution >= 4 is 5.97 Å². The molecule has 1 atom stereocenters. The topological polar surface area (TPSA) is 76.0 Å². The van der Waals surface area contributed by atoms with Gasteiger partial charge in [-0.25, -0.2) is 4.79 Å². The summed E-state index contributed by atoms with van der Waals surface area (Å²) >= 11 is 0. The number of allylic oxidation sites excluding steroid dienone is 1. The molecular formula is C32H46F2O5. The van der Waals surface area contributed by atoms with Gasteiger partial charge in [0.1, 0.15) is 0 Å². The van der Waals surface area contributed by atoms with Gasteiger partial charge in [-0.1, -0.05) is 30.8 Å². The number of hydrogen-bond donors (Lipinski definition) is 2. The highest BCUT2D eigenvalue weighted by atomic mass is 19.3. The van der Waals surface area contributed by atoms with E-state index in [0.29, 0.717) is 44.3 Å². The van der Waals surface area contributed by atoms with E-state index in [9.17, 15) is 13.6 Å². The highest BCUT2D eigenvalue weighted by Gasteiger charge is 2.34. The Labute approximate surface area is 232 Å². The first kappa shape index (κ1) is 31.4. The van der Waals surface area contributed by atoms with Crippen LogP contribution in [-0.4, -0.2) is 49.2 Å². The molecule has 5 nitrogen and oxygen atoms in total. The van der Waals surface area contributed by atoms with E-state index in [1.807, 2.05) is 0 Å². The van der Waals surface area contributed by atoms with Crippen molar-refractivity contribution in [2.75, 3.05) is 33.0 Å². The van der Waals surface area contributed by atoms with Crippen molar-refractivity contribution in [3.63, 3.8) is 0 Å². The second kappa shape index (κ2) is 16.9. The molecule has 1 unspecified atom stereocenters. The zero-order valence-electron chi connectivity index (χ0n) is 23.2. The van der Waals surface area contributed by atoms with Gasteiger partial charge in [-0.15, -0.1) is 0 Å². The van der Waals surface area contributed by atoms with Crippen LogP contribution in [0, 0.1) is 23.7 Å². The van der Waals surface area contributed by atoms with E-state index >= 15 is 0 Å². The van der Waals surface area contributed by atoms with Crippen molar-refractivity contribution in [3.05, 3.63) is 59.7 Å². The first-order valence-corrected chi connectivity index (χ1v) is 14.7. The van der Waals surface area contributed by atoms with Gasteiger partial charge in [0.2, 0.25) is 0 Å². The number of aryl methyl sites for hydroxylation is 1. The number of esters is 1. The molecule has 1 aromatic carbocycles. The van der Waals surface area contributed by atoms with E-state index in [-0.39, 0.29) is 24.7 Å². The van der Waals surface area contributed by atoms with E-state index in [1.165, 1.54) is 44.1 Å². The Hall–Kier alpha value is -2.09. The van der Waals surface area contributed by atoms with Gasteiger partial charge in [-0.05, 0) is 112 Å². The lowest BCUT2D eigenvalue weighted by atomic mass is 9.67. The number of aliphatic hydroxyl groups is 2. The summed E-state index contributed by atoms with van der Waals surface area (Å²) in [4.78, 5) is 12.0. The lowest BCUT2D eigenvalue weighted by molar-refractivity contribution is -0.142. The van der Waals surface area contributed by atoms with Crippen molar-refractivity contribution in [1.82, 2.24) is 0 Å². The van der Waals surface area contributed by atoms with Gasteiger partial charge in [0.25, 0.3) is 6.08 Å². The Morgan fingerprint density at radius 1 is 0.974 bits per heavy atom. The fourth-order valence-electron chi connectivity index (χ4n) is 6.39. The molecule has 2 fully saturated rings. The van der Waals surface area contributed by atoms with Gasteiger partial charge in [0, 0.05) is 19.1 Å². The molecule has 0 heterocycles. The highest BCUT2D eigenvalue weighted by Crippen LogP contribution is 2.45. The van der Waals surface area contributed by atoms with Crippen molar-refractivity contribution in [1.29, 1.82) is 0 Å². The average molecular weight is 549 g/mol. The van der Waals surface area contributed by atoms with E-state index in [4.69, 9.17) is 19.7 Å². The molecule has 0 amide bonds. The molecule has 218 valence electrons. The molecule has 39 heavy (non-hydrogen) atoms.